The number of nitrogens with two attached hydrogens (primary N) is 1. The van der Waals surface area contributed by atoms with E-state index in [1.165, 1.54) is 38.5 Å². The molecule has 0 aliphatic heterocycles. The van der Waals surface area contributed by atoms with Crippen molar-refractivity contribution < 1.29 is 4.74 Å². The first kappa shape index (κ1) is 15.3. The summed E-state index contributed by atoms with van der Waals surface area (Å²) < 4.78 is 6.02. The minimum Gasteiger partial charge on any atom is -0.377 e. The number of nitrogens with one attached hydrogen (secondary N) is 1. The number of rotatable bonds is 4. The van der Waals surface area contributed by atoms with Gasteiger partial charge in [-0.15, -0.1) is 0 Å². The maximum atomic E-state index is 6.02. The third-order valence-corrected chi connectivity index (χ3v) is 5.81. The van der Waals surface area contributed by atoms with Gasteiger partial charge in [-0.05, 0) is 56.3 Å². The number of ether oxygens (including phenoxy) is 1. The first-order valence-electron chi connectivity index (χ1n) is 8.12. The predicted molar refractivity (Wildman–Crippen MR) is 79.6 cm³/mol. The van der Waals surface area contributed by atoms with Crippen LogP contribution in [-0.2, 0) is 4.74 Å². The van der Waals surface area contributed by atoms with Crippen molar-refractivity contribution in [1.29, 1.82) is 0 Å². The molecule has 0 radical (unpaired) electrons. The van der Waals surface area contributed by atoms with Crippen LogP contribution in [-0.4, -0.2) is 18.8 Å². The Balaban J connectivity index is 2.05. The second-order valence-electron chi connectivity index (χ2n) is 7.12. The summed E-state index contributed by atoms with van der Waals surface area (Å²) in [7, 11) is 1.88. The highest BCUT2D eigenvalue weighted by atomic mass is 16.5. The van der Waals surface area contributed by atoms with Crippen molar-refractivity contribution in [2.24, 2.45) is 23.6 Å². The van der Waals surface area contributed by atoms with Gasteiger partial charge in [0, 0.05) is 7.11 Å². The molecule has 0 aromatic rings. The van der Waals surface area contributed by atoms with Crippen molar-refractivity contribution in [3.8, 4) is 0 Å². The summed E-state index contributed by atoms with van der Waals surface area (Å²) >= 11 is 0. The Morgan fingerprint density at radius 1 is 1.00 bits per heavy atom. The molecule has 19 heavy (non-hydrogen) atoms. The van der Waals surface area contributed by atoms with Gasteiger partial charge in [-0.25, -0.2) is 0 Å². The summed E-state index contributed by atoms with van der Waals surface area (Å²) in [4.78, 5) is 0. The standard InChI is InChI=1S/C16H32N2O/c1-12-4-6-14(7-5-12)15(18-17)16(19-3)10-8-13(2)9-11-16/h12-15,18H,4-11,17H2,1-3H3. The van der Waals surface area contributed by atoms with E-state index >= 15 is 0 Å². The van der Waals surface area contributed by atoms with E-state index in [9.17, 15) is 0 Å². The summed E-state index contributed by atoms with van der Waals surface area (Å²) in [6.07, 6.45) is 10.2. The van der Waals surface area contributed by atoms with E-state index in [1.807, 2.05) is 7.11 Å². The maximum Gasteiger partial charge on any atom is 0.0847 e. The Morgan fingerprint density at radius 3 is 2.00 bits per heavy atom. The molecule has 0 bridgehead atoms. The topological polar surface area (TPSA) is 47.3 Å². The number of hydrogen-bond acceptors (Lipinski definition) is 3. The summed E-state index contributed by atoms with van der Waals surface area (Å²) in [6.45, 7) is 4.72. The van der Waals surface area contributed by atoms with Crippen LogP contribution in [0.1, 0.15) is 65.2 Å². The van der Waals surface area contributed by atoms with Gasteiger partial charge < -0.3 is 4.74 Å². The second kappa shape index (κ2) is 6.55. The van der Waals surface area contributed by atoms with Crippen LogP contribution in [0.3, 0.4) is 0 Å². The number of hydrazine groups is 1. The average Bonchev–Trinajstić information content (AvgIpc) is 2.44. The van der Waals surface area contributed by atoms with Gasteiger partial charge in [0.15, 0.2) is 0 Å². The zero-order valence-electron chi connectivity index (χ0n) is 13.0. The van der Waals surface area contributed by atoms with E-state index in [-0.39, 0.29) is 5.60 Å². The number of hydrogen-bond donors (Lipinski definition) is 2. The molecule has 0 saturated heterocycles. The van der Waals surface area contributed by atoms with Crippen molar-refractivity contribution in [1.82, 2.24) is 5.43 Å². The van der Waals surface area contributed by atoms with Crippen molar-refractivity contribution in [2.45, 2.75) is 76.9 Å². The van der Waals surface area contributed by atoms with E-state index in [2.05, 4.69) is 19.3 Å². The average molecular weight is 268 g/mol. The predicted octanol–water partition coefficient (Wildman–Crippen LogP) is 3.24. The van der Waals surface area contributed by atoms with Crippen LogP contribution in [0, 0.1) is 17.8 Å². The SMILES string of the molecule is COC1(C(NN)C2CCC(C)CC2)CCC(C)CC1. The van der Waals surface area contributed by atoms with Crippen molar-refractivity contribution in [3.63, 3.8) is 0 Å². The zero-order chi connectivity index (χ0) is 13.9. The molecular formula is C16H32N2O. The molecule has 112 valence electrons. The highest BCUT2D eigenvalue weighted by Gasteiger charge is 2.45. The fourth-order valence-electron chi connectivity index (χ4n) is 4.23. The van der Waals surface area contributed by atoms with Gasteiger partial charge in [0.05, 0.1) is 11.6 Å². The van der Waals surface area contributed by atoms with Crippen LogP contribution in [0.15, 0.2) is 0 Å². The van der Waals surface area contributed by atoms with Crippen molar-refractivity contribution in [2.75, 3.05) is 7.11 Å². The molecule has 1 atom stereocenters. The number of methoxy groups -OCH3 is 1. The summed E-state index contributed by atoms with van der Waals surface area (Å²) in [6, 6.07) is 0.331. The van der Waals surface area contributed by atoms with Gasteiger partial charge in [-0.2, -0.15) is 0 Å². The van der Waals surface area contributed by atoms with Crippen LogP contribution >= 0.6 is 0 Å². The molecule has 3 N–H and O–H groups in total. The maximum absolute atomic E-state index is 6.02. The lowest BCUT2D eigenvalue weighted by Crippen LogP contribution is -2.59. The first-order chi connectivity index (χ1) is 9.11. The van der Waals surface area contributed by atoms with Crippen LogP contribution in [0.4, 0.5) is 0 Å². The molecule has 2 aliphatic carbocycles. The molecule has 1 unspecified atom stereocenters. The monoisotopic (exact) mass is 268 g/mol. The molecule has 3 heteroatoms. The Labute approximate surface area is 118 Å². The first-order valence-corrected chi connectivity index (χ1v) is 8.12. The van der Waals surface area contributed by atoms with Gasteiger partial charge in [0.2, 0.25) is 0 Å². The lowest BCUT2D eigenvalue weighted by atomic mass is 9.68. The zero-order valence-corrected chi connectivity index (χ0v) is 13.0. The Kier molecular flexibility index (Phi) is 5.27. The van der Waals surface area contributed by atoms with Gasteiger partial charge in [0.1, 0.15) is 0 Å². The minimum absolute atomic E-state index is 0.0213. The highest BCUT2D eigenvalue weighted by Crippen LogP contribution is 2.42. The Bertz CT molecular complexity index is 266. The molecule has 3 nitrogen and oxygen atoms in total. The molecule has 2 fully saturated rings. The van der Waals surface area contributed by atoms with Crippen LogP contribution in [0.2, 0.25) is 0 Å². The fourth-order valence-corrected chi connectivity index (χ4v) is 4.23. The molecule has 0 aromatic heterocycles. The quantitative estimate of drug-likeness (QED) is 0.608. The van der Waals surface area contributed by atoms with Gasteiger partial charge in [-0.3, -0.25) is 11.3 Å². The van der Waals surface area contributed by atoms with Crippen molar-refractivity contribution in [3.05, 3.63) is 0 Å². The Morgan fingerprint density at radius 2 is 1.53 bits per heavy atom. The Hall–Kier alpha value is -0.120. The van der Waals surface area contributed by atoms with Gasteiger partial charge >= 0.3 is 0 Å². The lowest BCUT2D eigenvalue weighted by molar-refractivity contribution is -0.0927. The van der Waals surface area contributed by atoms with Crippen LogP contribution in [0.25, 0.3) is 0 Å². The normalized spacial score (nSPS) is 42.0. The minimum atomic E-state index is -0.0213. The molecule has 0 spiro atoms. The van der Waals surface area contributed by atoms with E-state index in [4.69, 9.17) is 10.6 Å². The van der Waals surface area contributed by atoms with E-state index in [0.29, 0.717) is 12.0 Å². The van der Waals surface area contributed by atoms with Crippen LogP contribution < -0.4 is 11.3 Å². The fraction of sp³-hybridized carbons (Fsp3) is 1.00. The highest BCUT2D eigenvalue weighted by molar-refractivity contribution is 4.99. The third kappa shape index (κ3) is 3.32. The smallest absolute Gasteiger partial charge is 0.0847 e. The molecule has 2 saturated carbocycles. The summed E-state index contributed by atoms with van der Waals surface area (Å²) in [5.41, 5.74) is 3.12. The lowest BCUT2D eigenvalue weighted by Gasteiger charge is -2.48. The molecule has 2 aliphatic rings. The molecule has 0 amide bonds. The molecule has 0 aromatic carbocycles. The largest absolute Gasteiger partial charge is 0.377 e. The van der Waals surface area contributed by atoms with E-state index < -0.39 is 0 Å². The summed E-state index contributed by atoms with van der Waals surface area (Å²) in [5, 5.41) is 0. The molecular weight excluding hydrogens is 236 g/mol. The third-order valence-electron chi connectivity index (χ3n) is 5.81. The second-order valence-corrected chi connectivity index (χ2v) is 7.12. The van der Waals surface area contributed by atoms with Gasteiger partial charge in [0.25, 0.3) is 0 Å². The van der Waals surface area contributed by atoms with E-state index in [1.54, 1.807) is 0 Å². The molecule has 2 rings (SSSR count). The van der Waals surface area contributed by atoms with E-state index in [0.717, 1.165) is 24.7 Å². The van der Waals surface area contributed by atoms with Gasteiger partial charge in [-0.1, -0.05) is 26.7 Å². The summed E-state index contributed by atoms with van der Waals surface area (Å²) in [5.74, 6) is 8.35. The van der Waals surface area contributed by atoms with Crippen molar-refractivity contribution >= 4 is 0 Å². The van der Waals surface area contributed by atoms with Crippen LogP contribution in [0.5, 0.6) is 0 Å². The molecule has 0 heterocycles.